The molecule has 3 rings (SSSR count). The average Bonchev–Trinajstić information content (AvgIpc) is 2.93. The van der Waals surface area contributed by atoms with Crippen LogP contribution in [0.4, 0.5) is 9.93 Å². The minimum absolute atomic E-state index is 0.504. The summed E-state index contributed by atoms with van der Waals surface area (Å²) in [5.41, 5.74) is 3.36. The number of nitrogens with one attached hydrogen (secondary N) is 1. The van der Waals surface area contributed by atoms with Gasteiger partial charge in [-0.2, -0.15) is 0 Å². The van der Waals surface area contributed by atoms with Gasteiger partial charge in [-0.1, -0.05) is 51.0 Å². The SMILES string of the molecule is CC(C)(C)OC(=O)Nc1nc2c(-c3cccc(Cl)c3)cc(CBr)cc2s1. The van der Waals surface area contributed by atoms with E-state index in [-0.39, 0.29) is 0 Å². The molecule has 0 bridgehead atoms. The van der Waals surface area contributed by atoms with Crippen LogP contribution in [0, 0.1) is 0 Å². The maximum Gasteiger partial charge on any atom is 0.413 e. The second-order valence-electron chi connectivity index (χ2n) is 6.78. The molecule has 0 saturated heterocycles. The number of halogens is 2. The number of anilines is 1. The van der Waals surface area contributed by atoms with E-state index in [1.165, 1.54) is 11.3 Å². The van der Waals surface area contributed by atoms with E-state index in [4.69, 9.17) is 16.3 Å². The van der Waals surface area contributed by atoms with Gasteiger partial charge in [0.2, 0.25) is 0 Å². The van der Waals surface area contributed by atoms with Crippen LogP contribution in [-0.4, -0.2) is 16.7 Å². The Morgan fingerprint density at radius 2 is 2.08 bits per heavy atom. The fraction of sp³-hybridized carbons (Fsp3) is 0.263. The number of rotatable bonds is 3. The molecule has 0 aliphatic heterocycles. The standard InChI is InChI=1S/C19H18BrClN2O2S/c1-19(2,3)25-18(24)23-17-22-16-14(12-5-4-6-13(21)9-12)7-11(10-20)8-15(16)26-17/h4-9H,10H2,1-3H3,(H,22,23,24). The van der Waals surface area contributed by atoms with Gasteiger partial charge in [-0.3, -0.25) is 5.32 Å². The zero-order chi connectivity index (χ0) is 18.9. The van der Waals surface area contributed by atoms with E-state index in [0.29, 0.717) is 10.2 Å². The molecule has 1 aromatic heterocycles. The van der Waals surface area contributed by atoms with Crippen molar-refractivity contribution in [2.24, 2.45) is 0 Å². The Labute approximate surface area is 169 Å². The van der Waals surface area contributed by atoms with Crippen LogP contribution < -0.4 is 5.32 Å². The van der Waals surface area contributed by atoms with E-state index in [9.17, 15) is 4.79 Å². The van der Waals surface area contributed by atoms with Crippen LogP contribution in [0.15, 0.2) is 36.4 Å². The zero-order valence-electron chi connectivity index (χ0n) is 14.6. The van der Waals surface area contributed by atoms with Crippen LogP contribution >= 0.6 is 38.9 Å². The van der Waals surface area contributed by atoms with E-state index in [1.54, 1.807) is 0 Å². The minimum Gasteiger partial charge on any atom is -0.444 e. The van der Waals surface area contributed by atoms with Crippen LogP contribution in [0.1, 0.15) is 26.3 Å². The molecule has 0 aliphatic rings. The first kappa shape index (κ1) is 19.1. The van der Waals surface area contributed by atoms with Crippen molar-refractivity contribution in [1.29, 1.82) is 0 Å². The molecule has 0 spiro atoms. The van der Waals surface area contributed by atoms with Crippen LogP contribution in [0.3, 0.4) is 0 Å². The van der Waals surface area contributed by atoms with Gasteiger partial charge < -0.3 is 4.74 Å². The second kappa shape index (κ2) is 7.55. The van der Waals surface area contributed by atoms with Crippen LogP contribution in [0.25, 0.3) is 21.3 Å². The number of hydrogen-bond acceptors (Lipinski definition) is 4. The minimum atomic E-state index is -0.560. The number of carbonyl (C=O) groups excluding carboxylic acids is 1. The van der Waals surface area contributed by atoms with Gasteiger partial charge in [0.1, 0.15) is 5.60 Å². The van der Waals surface area contributed by atoms with Gasteiger partial charge in [0.05, 0.1) is 10.2 Å². The number of fused-ring (bicyclic) bond motifs is 1. The van der Waals surface area contributed by atoms with E-state index in [0.717, 1.165) is 32.2 Å². The zero-order valence-corrected chi connectivity index (χ0v) is 17.8. The molecule has 136 valence electrons. The molecule has 2 aromatic carbocycles. The highest BCUT2D eigenvalue weighted by molar-refractivity contribution is 9.08. The van der Waals surface area contributed by atoms with Gasteiger partial charge in [0.15, 0.2) is 5.13 Å². The molecule has 4 nitrogen and oxygen atoms in total. The van der Waals surface area contributed by atoms with Crippen LogP contribution in [0.2, 0.25) is 5.02 Å². The smallest absolute Gasteiger partial charge is 0.413 e. The maximum atomic E-state index is 12.0. The Bertz CT molecular complexity index is 966. The van der Waals surface area contributed by atoms with Crippen molar-refractivity contribution in [3.8, 4) is 11.1 Å². The van der Waals surface area contributed by atoms with Gasteiger partial charge in [0, 0.05) is 15.9 Å². The molecule has 7 heteroatoms. The molecule has 3 aromatic rings. The number of thiazole rings is 1. The van der Waals surface area contributed by atoms with Gasteiger partial charge in [-0.25, -0.2) is 9.78 Å². The third-order valence-corrected chi connectivity index (χ3v) is 5.25. The fourth-order valence-electron chi connectivity index (χ4n) is 2.48. The van der Waals surface area contributed by atoms with Gasteiger partial charge >= 0.3 is 6.09 Å². The van der Waals surface area contributed by atoms with Crippen molar-refractivity contribution < 1.29 is 9.53 Å². The lowest BCUT2D eigenvalue weighted by Crippen LogP contribution is -2.27. The van der Waals surface area contributed by atoms with E-state index in [2.05, 4.69) is 38.4 Å². The molecule has 0 aliphatic carbocycles. The molecule has 1 amide bonds. The van der Waals surface area contributed by atoms with Gasteiger partial charge in [-0.05, 0) is 56.2 Å². The summed E-state index contributed by atoms with van der Waals surface area (Å²) in [5, 5.41) is 4.62. The van der Waals surface area contributed by atoms with E-state index in [1.807, 2.05) is 45.0 Å². The molecule has 0 radical (unpaired) electrons. The molecular weight excluding hydrogens is 436 g/mol. The number of amides is 1. The van der Waals surface area contributed by atoms with Crippen molar-refractivity contribution in [3.63, 3.8) is 0 Å². The monoisotopic (exact) mass is 452 g/mol. The lowest BCUT2D eigenvalue weighted by atomic mass is 10.0. The highest BCUT2D eigenvalue weighted by Gasteiger charge is 2.18. The summed E-state index contributed by atoms with van der Waals surface area (Å²) in [6, 6.07) is 11.8. The molecule has 26 heavy (non-hydrogen) atoms. The summed E-state index contributed by atoms with van der Waals surface area (Å²) in [4.78, 5) is 16.6. The Morgan fingerprint density at radius 1 is 1.31 bits per heavy atom. The van der Waals surface area contributed by atoms with Gasteiger partial charge in [-0.15, -0.1) is 0 Å². The van der Waals surface area contributed by atoms with E-state index >= 15 is 0 Å². The molecule has 0 unspecified atom stereocenters. The number of aromatic nitrogens is 1. The summed E-state index contributed by atoms with van der Waals surface area (Å²) in [6.07, 6.45) is -0.512. The third-order valence-electron chi connectivity index (χ3n) is 3.45. The third kappa shape index (κ3) is 4.55. The first-order valence-electron chi connectivity index (χ1n) is 8.00. The summed E-state index contributed by atoms with van der Waals surface area (Å²) in [5.74, 6) is 0. The number of nitrogens with zero attached hydrogens (tertiary/aromatic N) is 1. The predicted octanol–water partition coefficient (Wildman–Crippen LogP) is 6.86. The topological polar surface area (TPSA) is 51.2 Å². The number of alkyl halides is 1. The quantitative estimate of drug-likeness (QED) is 0.441. The normalized spacial score (nSPS) is 11.6. The summed E-state index contributed by atoms with van der Waals surface area (Å²) >= 11 is 11.1. The van der Waals surface area contributed by atoms with Crippen molar-refractivity contribution in [1.82, 2.24) is 4.98 Å². The van der Waals surface area contributed by atoms with Gasteiger partial charge in [0.25, 0.3) is 0 Å². The average molecular weight is 454 g/mol. The van der Waals surface area contributed by atoms with Crippen molar-refractivity contribution in [3.05, 3.63) is 47.0 Å². The van der Waals surface area contributed by atoms with Crippen LogP contribution in [0.5, 0.6) is 0 Å². The first-order valence-corrected chi connectivity index (χ1v) is 10.3. The summed E-state index contributed by atoms with van der Waals surface area (Å²) in [6.45, 7) is 5.47. The maximum absolute atomic E-state index is 12.0. The molecule has 1 N–H and O–H groups in total. The van der Waals surface area contributed by atoms with Crippen molar-refractivity contribution >= 4 is 60.3 Å². The lowest BCUT2D eigenvalue weighted by Gasteiger charge is -2.18. The highest BCUT2D eigenvalue weighted by atomic mass is 79.9. The predicted molar refractivity (Wildman–Crippen MR) is 113 cm³/mol. The molecule has 0 saturated carbocycles. The van der Waals surface area contributed by atoms with Crippen molar-refractivity contribution in [2.75, 3.05) is 5.32 Å². The Kier molecular flexibility index (Phi) is 5.55. The number of ether oxygens (including phenoxy) is 1. The fourth-order valence-corrected chi connectivity index (χ4v) is 3.94. The summed E-state index contributed by atoms with van der Waals surface area (Å²) < 4.78 is 6.29. The highest BCUT2D eigenvalue weighted by Crippen LogP contribution is 2.36. The lowest BCUT2D eigenvalue weighted by molar-refractivity contribution is 0.0636. The second-order valence-corrected chi connectivity index (χ2v) is 8.81. The Balaban J connectivity index is 2.03. The Morgan fingerprint density at radius 3 is 2.73 bits per heavy atom. The van der Waals surface area contributed by atoms with E-state index < -0.39 is 11.7 Å². The number of benzene rings is 2. The largest absolute Gasteiger partial charge is 0.444 e. The molecule has 0 fully saturated rings. The molecule has 1 heterocycles. The first-order chi connectivity index (χ1) is 12.2. The Hall–Kier alpha value is -1.63. The summed E-state index contributed by atoms with van der Waals surface area (Å²) in [7, 11) is 0. The van der Waals surface area contributed by atoms with Crippen molar-refractivity contribution in [2.45, 2.75) is 31.7 Å². The number of hydrogen-bond donors (Lipinski definition) is 1. The van der Waals surface area contributed by atoms with Crippen LogP contribution in [-0.2, 0) is 10.1 Å². The molecular formula is C19H18BrClN2O2S. The molecule has 0 atom stereocenters. The number of carbonyl (C=O) groups is 1.